The molecule has 0 radical (unpaired) electrons. The van der Waals surface area contributed by atoms with E-state index in [0.29, 0.717) is 30.4 Å². The molecular formula is C17H20F3N5O2. The number of carbonyl (C=O) groups is 1. The molecule has 1 aromatic carbocycles. The van der Waals surface area contributed by atoms with E-state index in [2.05, 4.69) is 24.9 Å². The van der Waals surface area contributed by atoms with Crippen LogP contribution in [-0.4, -0.2) is 59.2 Å². The Morgan fingerprint density at radius 2 is 1.85 bits per heavy atom. The Labute approximate surface area is 154 Å². The zero-order valence-electron chi connectivity index (χ0n) is 15.0. The lowest BCUT2D eigenvalue weighted by Crippen LogP contribution is -2.46. The van der Waals surface area contributed by atoms with Crippen LogP contribution in [0.2, 0.25) is 0 Å². The second kappa shape index (κ2) is 7.55. The number of hydrogen-bond acceptors (Lipinski definition) is 5. The largest absolute Gasteiger partial charge is 0.471 e. The summed E-state index contributed by atoms with van der Waals surface area (Å²) in [4.78, 5) is 19.6. The molecule has 2 heterocycles. The molecular weight excluding hydrogens is 363 g/mol. The summed E-state index contributed by atoms with van der Waals surface area (Å²) in [6.07, 6.45) is -2.85. The van der Waals surface area contributed by atoms with Crippen LogP contribution in [0.25, 0.3) is 11.4 Å². The third-order valence-electron chi connectivity index (χ3n) is 4.54. The van der Waals surface area contributed by atoms with Crippen molar-refractivity contribution in [3.05, 3.63) is 30.2 Å². The number of benzene rings is 1. The van der Waals surface area contributed by atoms with Gasteiger partial charge < -0.3 is 19.6 Å². The minimum Gasteiger partial charge on any atom is -0.329 e. The minimum absolute atomic E-state index is 0.161. The summed E-state index contributed by atoms with van der Waals surface area (Å²) in [6, 6.07) is 6.51. The maximum Gasteiger partial charge on any atom is 0.471 e. The molecule has 1 aromatic heterocycles. The van der Waals surface area contributed by atoms with E-state index in [-0.39, 0.29) is 11.9 Å². The SMILES string of the molecule is CN(C)C1CCN(C(=O)Nc2ccc(-c3noc(C(F)(F)F)n3)cc2)CC1. The summed E-state index contributed by atoms with van der Waals surface area (Å²) < 4.78 is 41.8. The molecule has 27 heavy (non-hydrogen) atoms. The predicted molar refractivity (Wildman–Crippen MR) is 92.0 cm³/mol. The summed E-state index contributed by atoms with van der Waals surface area (Å²) in [5.74, 6) is -1.55. The Hall–Kier alpha value is -2.62. The molecule has 2 amide bonds. The van der Waals surface area contributed by atoms with Crippen LogP contribution in [0.4, 0.5) is 23.7 Å². The van der Waals surface area contributed by atoms with Crippen molar-refractivity contribution in [2.45, 2.75) is 25.1 Å². The fraction of sp³-hybridized carbons (Fsp3) is 0.471. The Morgan fingerprint density at radius 1 is 1.22 bits per heavy atom. The molecule has 1 fully saturated rings. The fourth-order valence-corrected chi connectivity index (χ4v) is 2.95. The number of anilines is 1. The van der Waals surface area contributed by atoms with Crippen molar-refractivity contribution in [3.63, 3.8) is 0 Å². The Balaban J connectivity index is 1.59. The molecule has 3 rings (SSSR count). The highest BCUT2D eigenvalue weighted by Crippen LogP contribution is 2.29. The van der Waals surface area contributed by atoms with Gasteiger partial charge in [0, 0.05) is 30.4 Å². The highest BCUT2D eigenvalue weighted by atomic mass is 19.4. The molecule has 0 atom stereocenters. The molecule has 1 aliphatic rings. The van der Waals surface area contributed by atoms with Crippen LogP contribution in [0, 0.1) is 0 Å². The molecule has 0 unspecified atom stereocenters. The number of nitrogens with zero attached hydrogens (tertiary/aromatic N) is 4. The number of hydrogen-bond donors (Lipinski definition) is 1. The normalized spacial score (nSPS) is 16.0. The topological polar surface area (TPSA) is 74.5 Å². The van der Waals surface area contributed by atoms with Crippen molar-refractivity contribution in [3.8, 4) is 11.4 Å². The summed E-state index contributed by atoms with van der Waals surface area (Å²) in [7, 11) is 4.06. The number of aromatic nitrogens is 2. The van der Waals surface area contributed by atoms with Crippen molar-refractivity contribution in [1.82, 2.24) is 19.9 Å². The van der Waals surface area contributed by atoms with E-state index in [1.807, 2.05) is 14.1 Å². The van der Waals surface area contributed by atoms with E-state index < -0.39 is 12.1 Å². The highest BCUT2D eigenvalue weighted by Gasteiger charge is 2.38. The number of piperidine rings is 1. The average molecular weight is 383 g/mol. The molecule has 0 bridgehead atoms. The first kappa shape index (κ1) is 19.2. The van der Waals surface area contributed by atoms with Crippen LogP contribution in [-0.2, 0) is 6.18 Å². The zero-order valence-corrected chi connectivity index (χ0v) is 15.0. The lowest BCUT2D eigenvalue weighted by molar-refractivity contribution is -0.159. The predicted octanol–water partition coefficient (Wildman–Crippen LogP) is 3.31. The van der Waals surface area contributed by atoms with E-state index in [1.54, 1.807) is 17.0 Å². The Morgan fingerprint density at radius 3 is 2.37 bits per heavy atom. The Kier molecular flexibility index (Phi) is 5.36. The van der Waals surface area contributed by atoms with Gasteiger partial charge in [0.05, 0.1) is 0 Å². The van der Waals surface area contributed by atoms with Crippen molar-refractivity contribution in [2.24, 2.45) is 0 Å². The molecule has 0 saturated carbocycles. The van der Waals surface area contributed by atoms with E-state index >= 15 is 0 Å². The lowest BCUT2D eigenvalue weighted by Gasteiger charge is -2.35. The van der Waals surface area contributed by atoms with Crippen LogP contribution >= 0.6 is 0 Å². The average Bonchev–Trinajstić information content (AvgIpc) is 3.13. The fourth-order valence-electron chi connectivity index (χ4n) is 2.95. The van der Waals surface area contributed by atoms with Gasteiger partial charge in [-0.15, -0.1) is 0 Å². The van der Waals surface area contributed by atoms with Gasteiger partial charge in [-0.3, -0.25) is 0 Å². The number of halogens is 3. The number of nitrogens with one attached hydrogen (secondary N) is 1. The van der Waals surface area contributed by atoms with Crippen LogP contribution in [0.5, 0.6) is 0 Å². The number of urea groups is 1. The van der Waals surface area contributed by atoms with Crippen LogP contribution in [0.3, 0.4) is 0 Å². The van der Waals surface area contributed by atoms with Crippen LogP contribution < -0.4 is 5.32 Å². The molecule has 0 spiro atoms. The van der Waals surface area contributed by atoms with Gasteiger partial charge >= 0.3 is 18.1 Å². The molecule has 0 aliphatic carbocycles. The lowest BCUT2D eigenvalue weighted by atomic mass is 10.0. The highest BCUT2D eigenvalue weighted by molar-refractivity contribution is 5.89. The summed E-state index contributed by atoms with van der Waals surface area (Å²) >= 11 is 0. The van der Waals surface area contributed by atoms with E-state index in [9.17, 15) is 18.0 Å². The van der Waals surface area contributed by atoms with Gasteiger partial charge in [-0.05, 0) is 51.2 Å². The summed E-state index contributed by atoms with van der Waals surface area (Å²) in [5.41, 5.74) is 0.900. The smallest absolute Gasteiger partial charge is 0.329 e. The molecule has 146 valence electrons. The molecule has 1 aliphatic heterocycles. The van der Waals surface area contributed by atoms with Crippen molar-refractivity contribution >= 4 is 11.7 Å². The quantitative estimate of drug-likeness (QED) is 0.880. The van der Waals surface area contributed by atoms with Gasteiger partial charge in [0.1, 0.15) is 0 Å². The van der Waals surface area contributed by atoms with Crippen molar-refractivity contribution in [1.29, 1.82) is 0 Å². The first-order chi connectivity index (χ1) is 12.7. The first-order valence-electron chi connectivity index (χ1n) is 8.48. The maximum atomic E-state index is 12.5. The van der Waals surface area contributed by atoms with Gasteiger partial charge in [-0.1, -0.05) is 5.16 Å². The van der Waals surface area contributed by atoms with E-state index in [1.165, 1.54) is 12.1 Å². The third-order valence-corrected chi connectivity index (χ3v) is 4.54. The van der Waals surface area contributed by atoms with Gasteiger partial charge in [0.25, 0.3) is 0 Å². The number of rotatable bonds is 3. The third kappa shape index (κ3) is 4.57. The number of likely N-dealkylation sites (tertiary alicyclic amines) is 1. The van der Waals surface area contributed by atoms with Crippen LogP contribution in [0.15, 0.2) is 28.8 Å². The monoisotopic (exact) mass is 383 g/mol. The molecule has 2 aromatic rings. The van der Waals surface area contributed by atoms with Crippen LogP contribution in [0.1, 0.15) is 18.7 Å². The van der Waals surface area contributed by atoms with Crippen molar-refractivity contribution < 1.29 is 22.5 Å². The minimum atomic E-state index is -4.68. The Bertz CT molecular complexity index is 781. The molecule has 1 saturated heterocycles. The van der Waals surface area contributed by atoms with E-state index in [4.69, 9.17) is 0 Å². The zero-order chi connectivity index (χ0) is 19.6. The van der Waals surface area contributed by atoms with Gasteiger partial charge in [0.2, 0.25) is 5.82 Å². The van der Waals surface area contributed by atoms with E-state index in [0.717, 1.165) is 12.8 Å². The second-order valence-corrected chi connectivity index (χ2v) is 6.61. The molecule has 1 N–H and O–H groups in total. The van der Waals surface area contributed by atoms with Gasteiger partial charge in [0.15, 0.2) is 0 Å². The summed E-state index contributed by atoms with van der Waals surface area (Å²) in [5, 5.41) is 6.13. The summed E-state index contributed by atoms with van der Waals surface area (Å²) in [6.45, 7) is 1.35. The number of alkyl halides is 3. The van der Waals surface area contributed by atoms with Gasteiger partial charge in [-0.25, -0.2) is 4.79 Å². The number of amides is 2. The van der Waals surface area contributed by atoms with Gasteiger partial charge in [-0.2, -0.15) is 18.2 Å². The molecule has 7 nitrogen and oxygen atoms in total. The molecule has 10 heteroatoms. The van der Waals surface area contributed by atoms with Crippen molar-refractivity contribution in [2.75, 3.05) is 32.5 Å². The maximum absolute atomic E-state index is 12.5. The first-order valence-corrected chi connectivity index (χ1v) is 8.48. The number of carbonyl (C=O) groups excluding carboxylic acids is 1. The second-order valence-electron chi connectivity index (χ2n) is 6.61. The standard InChI is InChI=1S/C17H20F3N5O2/c1-24(2)13-7-9-25(10-8-13)16(26)21-12-5-3-11(4-6-12)14-22-15(27-23-14)17(18,19)20/h3-6,13H,7-10H2,1-2H3,(H,21,26).